The van der Waals surface area contributed by atoms with Crippen LogP contribution < -0.4 is 10.2 Å². The average molecular weight is 399 g/mol. The molecule has 5 nitrogen and oxygen atoms in total. The third kappa shape index (κ3) is 4.12. The number of rotatable bonds is 2. The summed E-state index contributed by atoms with van der Waals surface area (Å²) in [7, 11) is 0. The molecule has 1 N–H and O–H groups in total. The van der Waals surface area contributed by atoms with Crippen molar-refractivity contribution in [3.63, 3.8) is 0 Å². The number of piperazine rings is 1. The molecule has 2 amide bonds. The highest BCUT2D eigenvalue weighted by atomic mass is 79.9. The van der Waals surface area contributed by atoms with Gasteiger partial charge in [0.1, 0.15) is 0 Å². The van der Waals surface area contributed by atoms with Gasteiger partial charge < -0.3 is 15.1 Å². The van der Waals surface area contributed by atoms with Crippen molar-refractivity contribution in [2.45, 2.75) is 6.92 Å². The Morgan fingerprint density at radius 3 is 2.60 bits per heavy atom. The first kappa shape index (κ1) is 17.3. The molecule has 0 bridgehead atoms. The lowest BCUT2D eigenvalue weighted by atomic mass is 10.2. The van der Waals surface area contributed by atoms with Gasteiger partial charge in [-0.1, -0.05) is 22.0 Å². The van der Waals surface area contributed by atoms with E-state index in [9.17, 15) is 4.79 Å². The molecule has 0 aliphatic carbocycles. The number of hydrogen-bond acceptors (Lipinski definition) is 3. The third-order valence-electron chi connectivity index (χ3n) is 4.32. The Kier molecular flexibility index (Phi) is 5.25. The molecule has 6 heteroatoms. The number of amides is 2. The van der Waals surface area contributed by atoms with Crippen molar-refractivity contribution >= 4 is 33.3 Å². The van der Waals surface area contributed by atoms with E-state index in [4.69, 9.17) is 5.26 Å². The number of anilines is 2. The number of nitrogens with one attached hydrogen (secondary N) is 1. The number of benzene rings is 2. The van der Waals surface area contributed by atoms with Gasteiger partial charge in [0.25, 0.3) is 0 Å². The van der Waals surface area contributed by atoms with E-state index >= 15 is 0 Å². The van der Waals surface area contributed by atoms with Crippen LogP contribution in [0.1, 0.15) is 11.1 Å². The topological polar surface area (TPSA) is 59.4 Å². The van der Waals surface area contributed by atoms with Gasteiger partial charge >= 0.3 is 6.03 Å². The number of urea groups is 1. The SMILES string of the molecule is Cc1cc(N2CCN(C(=O)Nc3cccc(C#N)c3)CC2)ccc1Br. The van der Waals surface area contributed by atoms with Crippen molar-refractivity contribution in [3.8, 4) is 6.07 Å². The lowest BCUT2D eigenvalue weighted by molar-refractivity contribution is 0.208. The van der Waals surface area contributed by atoms with E-state index in [2.05, 4.69) is 57.3 Å². The minimum absolute atomic E-state index is 0.123. The molecular formula is C19H19BrN4O. The van der Waals surface area contributed by atoms with Crippen LogP contribution in [0.15, 0.2) is 46.9 Å². The number of hydrogen-bond donors (Lipinski definition) is 1. The normalized spacial score (nSPS) is 14.1. The van der Waals surface area contributed by atoms with E-state index in [1.165, 1.54) is 11.3 Å². The predicted molar refractivity (Wildman–Crippen MR) is 103 cm³/mol. The minimum atomic E-state index is -0.123. The summed E-state index contributed by atoms with van der Waals surface area (Å²) in [6, 6.07) is 15.2. The molecule has 128 valence electrons. The van der Waals surface area contributed by atoms with Crippen LogP contribution in [0.2, 0.25) is 0 Å². The highest BCUT2D eigenvalue weighted by Gasteiger charge is 2.21. The quantitative estimate of drug-likeness (QED) is 0.831. The molecule has 1 heterocycles. The molecule has 0 radical (unpaired) electrons. The highest BCUT2D eigenvalue weighted by Crippen LogP contribution is 2.24. The van der Waals surface area contributed by atoms with Gasteiger partial charge in [-0.2, -0.15) is 5.26 Å². The monoisotopic (exact) mass is 398 g/mol. The summed E-state index contributed by atoms with van der Waals surface area (Å²) in [5.41, 5.74) is 3.57. The Morgan fingerprint density at radius 2 is 1.92 bits per heavy atom. The second kappa shape index (κ2) is 7.58. The zero-order valence-corrected chi connectivity index (χ0v) is 15.6. The first-order valence-electron chi connectivity index (χ1n) is 8.14. The van der Waals surface area contributed by atoms with Crippen molar-refractivity contribution in [1.29, 1.82) is 5.26 Å². The molecule has 1 saturated heterocycles. The van der Waals surface area contributed by atoms with Gasteiger partial charge in [0.05, 0.1) is 11.6 Å². The zero-order valence-electron chi connectivity index (χ0n) is 14.0. The number of carbonyl (C=O) groups is 1. The number of aryl methyl sites for hydroxylation is 1. The van der Waals surface area contributed by atoms with Crippen LogP contribution in [0.4, 0.5) is 16.2 Å². The number of halogens is 1. The van der Waals surface area contributed by atoms with Crippen molar-refractivity contribution in [3.05, 3.63) is 58.1 Å². The maximum atomic E-state index is 12.4. The first-order chi connectivity index (χ1) is 12.1. The lowest BCUT2D eigenvalue weighted by Crippen LogP contribution is -2.50. The van der Waals surface area contributed by atoms with Gasteiger partial charge in [0, 0.05) is 42.0 Å². The Balaban J connectivity index is 1.58. The van der Waals surface area contributed by atoms with E-state index in [0.717, 1.165) is 17.6 Å². The maximum Gasteiger partial charge on any atom is 0.321 e. The fourth-order valence-corrected chi connectivity index (χ4v) is 3.11. The Labute approximate surface area is 156 Å². The molecule has 0 atom stereocenters. The molecule has 0 saturated carbocycles. The molecule has 2 aromatic carbocycles. The first-order valence-corrected chi connectivity index (χ1v) is 8.93. The summed E-state index contributed by atoms with van der Waals surface area (Å²) >= 11 is 3.52. The number of nitriles is 1. The summed E-state index contributed by atoms with van der Waals surface area (Å²) in [5.74, 6) is 0. The molecule has 0 spiro atoms. The number of nitrogens with zero attached hydrogens (tertiary/aromatic N) is 3. The molecule has 1 fully saturated rings. The van der Waals surface area contributed by atoms with Gasteiger partial charge in [0.15, 0.2) is 0 Å². The second-order valence-electron chi connectivity index (χ2n) is 6.03. The van der Waals surface area contributed by atoms with Crippen LogP contribution in [0.5, 0.6) is 0 Å². The van der Waals surface area contributed by atoms with Crippen LogP contribution in [0.25, 0.3) is 0 Å². The zero-order chi connectivity index (χ0) is 17.8. The van der Waals surface area contributed by atoms with Crippen LogP contribution in [0.3, 0.4) is 0 Å². The van der Waals surface area contributed by atoms with E-state index in [0.29, 0.717) is 24.3 Å². The largest absolute Gasteiger partial charge is 0.368 e. The Hall–Kier alpha value is -2.52. The molecule has 1 aliphatic rings. The minimum Gasteiger partial charge on any atom is -0.368 e. The molecule has 25 heavy (non-hydrogen) atoms. The molecule has 1 aliphatic heterocycles. The van der Waals surface area contributed by atoms with Crippen molar-refractivity contribution < 1.29 is 4.79 Å². The molecule has 3 rings (SSSR count). The molecule has 0 unspecified atom stereocenters. The van der Waals surface area contributed by atoms with Gasteiger partial charge in [-0.25, -0.2) is 4.79 Å². The van der Waals surface area contributed by atoms with E-state index in [1.807, 2.05) is 0 Å². The second-order valence-corrected chi connectivity index (χ2v) is 6.88. The summed E-state index contributed by atoms with van der Waals surface area (Å²) in [5, 5.41) is 11.8. The Morgan fingerprint density at radius 1 is 1.16 bits per heavy atom. The van der Waals surface area contributed by atoms with E-state index in [1.54, 1.807) is 29.2 Å². The van der Waals surface area contributed by atoms with Gasteiger partial charge in [-0.15, -0.1) is 0 Å². The summed E-state index contributed by atoms with van der Waals surface area (Å²) < 4.78 is 1.11. The fourth-order valence-electron chi connectivity index (χ4n) is 2.86. The molecule has 0 aromatic heterocycles. The van der Waals surface area contributed by atoms with Gasteiger partial charge in [-0.3, -0.25) is 0 Å². The lowest BCUT2D eigenvalue weighted by Gasteiger charge is -2.36. The highest BCUT2D eigenvalue weighted by molar-refractivity contribution is 9.10. The van der Waals surface area contributed by atoms with E-state index < -0.39 is 0 Å². The van der Waals surface area contributed by atoms with Crippen LogP contribution in [-0.2, 0) is 0 Å². The van der Waals surface area contributed by atoms with Crippen LogP contribution in [-0.4, -0.2) is 37.1 Å². The van der Waals surface area contributed by atoms with Gasteiger partial charge in [0.2, 0.25) is 0 Å². The van der Waals surface area contributed by atoms with Crippen molar-refractivity contribution in [2.24, 2.45) is 0 Å². The predicted octanol–water partition coefficient (Wildman–Crippen LogP) is 3.98. The molecular weight excluding hydrogens is 380 g/mol. The van der Waals surface area contributed by atoms with Crippen LogP contribution >= 0.6 is 15.9 Å². The summed E-state index contributed by atoms with van der Waals surface area (Å²) in [4.78, 5) is 16.5. The summed E-state index contributed by atoms with van der Waals surface area (Å²) in [6.45, 7) is 5.00. The number of carbonyl (C=O) groups excluding carboxylic acids is 1. The molecule has 2 aromatic rings. The standard InChI is InChI=1S/C19H19BrN4O/c1-14-11-17(5-6-18(14)20)23-7-9-24(10-8-23)19(25)22-16-4-2-3-15(12-16)13-21/h2-6,11-12H,7-10H2,1H3,(H,22,25). The third-order valence-corrected chi connectivity index (χ3v) is 5.21. The van der Waals surface area contributed by atoms with Crippen molar-refractivity contribution in [2.75, 3.05) is 36.4 Å². The smallest absolute Gasteiger partial charge is 0.321 e. The average Bonchev–Trinajstić information content (AvgIpc) is 2.64. The van der Waals surface area contributed by atoms with Crippen molar-refractivity contribution in [1.82, 2.24) is 4.90 Å². The Bertz CT molecular complexity index is 822. The van der Waals surface area contributed by atoms with E-state index in [-0.39, 0.29) is 6.03 Å². The van der Waals surface area contributed by atoms with Crippen LogP contribution in [0, 0.1) is 18.3 Å². The fraction of sp³-hybridized carbons (Fsp3) is 0.263. The van der Waals surface area contributed by atoms with Gasteiger partial charge in [-0.05, 0) is 48.9 Å². The maximum absolute atomic E-state index is 12.4. The summed E-state index contributed by atoms with van der Waals surface area (Å²) in [6.07, 6.45) is 0.